The Labute approximate surface area is 232 Å². The summed E-state index contributed by atoms with van der Waals surface area (Å²) in [6.07, 6.45) is 16.5. The van der Waals surface area contributed by atoms with Gasteiger partial charge in [0.15, 0.2) is 0 Å². The van der Waals surface area contributed by atoms with Crippen LogP contribution in [0.2, 0.25) is 0 Å². The average Bonchev–Trinajstić information content (AvgIpc) is 2.97. The Kier molecular flexibility index (Phi) is 11.0. The topological polar surface area (TPSA) is 70.7 Å². The third-order valence-electron chi connectivity index (χ3n) is 7.30. The first-order valence-corrected chi connectivity index (χ1v) is 14.3. The quantitative estimate of drug-likeness (QED) is 0.248. The maximum Gasteiger partial charge on any atom is 0.253 e. The molecule has 2 aliphatic rings. The first-order valence-electron chi connectivity index (χ1n) is 14.3. The van der Waals surface area contributed by atoms with E-state index in [2.05, 4.69) is 33.8 Å². The first-order chi connectivity index (χ1) is 19.1. The summed E-state index contributed by atoms with van der Waals surface area (Å²) in [6.45, 7) is 5.63. The van der Waals surface area contributed by atoms with Gasteiger partial charge in [-0.05, 0) is 81.2 Å². The molecule has 1 aliphatic carbocycles. The SMILES string of the molecule is CCOCCCNC(=O)c1cc(NC(=O)/C=C/c2ccccc2)ccc1N1CCC(CC2=CC=CCC2)CC1. The van der Waals surface area contributed by atoms with Crippen molar-refractivity contribution >= 4 is 29.3 Å². The average molecular weight is 528 g/mol. The molecule has 0 atom stereocenters. The number of benzene rings is 2. The normalized spacial score (nSPS) is 15.8. The number of hydrogen-bond donors (Lipinski definition) is 2. The van der Waals surface area contributed by atoms with Gasteiger partial charge in [-0.1, -0.05) is 54.1 Å². The first kappa shape index (κ1) is 28.4. The van der Waals surface area contributed by atoms with Crippen molar-refractivity contribution in [1.82, 2.24) is 5.32 Å². The van der Waals surface area contributed by atoms with E-state index >= 15 is 0 Å². The summed E-state index contributed by atoms with van der Waals surface area (Å²) < 4.78 is 5.40. The van der Waals surface area contributed by atoms with E-state index in [9.17, 15) is 9.59 Å². The van der Waals surface area contributed by atoms with E-state index in [0.717, 1.165) is 50.0 Å². The van der Waals surface area contributed by atoms with Crippen molar-refractivity contribution in [3.8, 4) is 0 Å². The van der Waals surface area contributed by atoms with Gasteiger partial charge in [-0.3, -0.25) is 9.59 Å². The van der Waals surface area contributed by atoms with E-state index in [1.807, 2.05) is 49.4 Å². The standard InChI is InChI=1S/C33H41N3O3/c1-2-39-23-9-20-34-33(38)30-25-29(35-32(37)17-14-26-10-5-3-6-11-26)15-16-31(30)36-21-18-28(19-22-36)24-27-12-7-4-8-13-27/h3-7,10-12,14-17,25,28H,2,8-9,13,18-24H2,1H3,(H,34,38)(H,35,37)/b17-14+. The zero-order valence-corrected chi connectivity index (χ0v) is 23.0. The van der Waals surface area contributed by atoms with Crippen molar-refractivity contribution in [1.29, 1.82) is 0 Å². The lowest BCUT2D eigenvalue weighted by Gasteiger charge is -2.35. The molecule has 39 heavy (non-hydrogen) atoms. The van der Waals surface area contributed by atoms with Gasteiger partial charge in [-0.15, -0.1) is 0 Å². The van der Waals surface area contributed by atoms with Crippen LogP contribution in [0.1, 0.15) is 61.4 Å². The smallest absolute Gasteiger partial charge is 0.253 e. The van der Waals surface area contributed by atoms with Crippen LogP contribution in [0.4, 0.5) is 11.4 Å². The highest BCUT2D eigenvalue weighted by atomic mass is 16.5. The van der Waals surface area contributed by atoms with Gasteiger partial charge < -0.3 is 20.3 Å². The fraction of sp³-hybridized carbons (Fsp3) is 0.394. The minimum absolute atomic E-state index is 0.126. The fourth-order valence-corrected chi connectivity index (χ4v) is 5.18. The molecule has 0 aromatic heterocycles. The Morgan fingerprint density at radius 2 is 1.92 bits per heavy atom. The summed E-state index contributed by atoms with van der Waals surface area (Å²) in [5.41, 5.74) is 4.63. The molecule has 2 N–H and O–H groups in total. The Morgan fingerprint density at radius 3 is 2.67 bits per heavy atom. The molecule has 2 amide bonds. The van der Waals surface area contributed by atoms with E-state index in [-0.39, 0.29) is 11.8 Å². The van der Waals surface area contributed by atoms with Crippen LogP contribution in [0.15, 0.2) is 78.4 Å². The second kappa shape index (κ2) is 15.1. The second-order valence-corrected chi connectivity index (χ2v) is 10.2. The molecule has 1 aliphatic heterocycles. The number of rotatable bonds is 12. The molecule has 1 heterocycles. The molecule has 0 spiro atoms. The summed E-state index contributed by atoms with van der Waals surface area (Å²) in [5.74, 6) is 0.325. The Balaban J connectivity index is 1.43. The molecule has 0 saturated carbocycles. The van der Waals surface area contributed by atoms with Crippen molar-refractivity contribution in [3.05, 3.63) is 89.5 Å². The van der Waals surface area contributed by atoms with Gasteiger partial charge in [0.1, 0.15) is 0 Å². The molecule has 1 fully saturated rings. The number of ether oxygens (including phenoxy) is 1. The summed E-state index contributed by atoms with van der Waals surface area (Å²) in [6, 6.07) is 15.4. The third kappa shape index (κ3) is 8.96. The van der Waals surface area contributed by atoms with Crippen molar-refractivity contribution in [2.45, 2.75) is 45.4 Å². The molecule has 0 radical (unpaired) electrons. The molecule has 0 unspecified atom stereocenters. The number of carbonyl (C=O) groups is 2. The third-order valence-corrected chi connectivity index (χ3v) is 7.30. The van der Waals surface area contributed by atoms with E-state index in [4.69, 9.17) is 4.74 Å². The Morgan fingerprint density at radius 1 is 1.10 bits per heavy atom. The molecule has 2 aromatic rings. The van der Waals surface area contributed by atoms with Crippen molar-refractivity contribution < 1.29 is 14.3 Å². The predicted octanol–water partition coefficient (Wildman–Crippen LogP) is 6.38. The van der Waals surface area contributed by atoms with Crippen molar-refractivity contribution in [2.24, 2.45) is 5.92 Å². The largest absolute Gasteiger partial charge is 0.382 e. The van der Waals surface area contributed by atoms with Crippen LogP contribution >= 0.6 is 0 Å². The van der Waals surface area contributed by atoms with Gasteiger partial charge in [-0.2, -0.15) is 0 Å². The minimum atomic E-state index is -0.234. The van der Waals surface area contributed by atoms with Crippen LogP contribution in [-0.2, 0) is 9.53 Å². The summed E-state index contributed by atoms with van der Waals surface area (Å²) >= 11 is 0. The van der Waals surface area contributed by atoms with Crippen LogP contribution in [0.25, 0.3) is 6.08 Å². The van der Waals surface area contributed by atoms with Gasteiger partial charge in [-0.25, -0.2) is 0 Å². The number of hydrogen-bond acceptors (Lipinski definition) is 4. The summed E-state index contributed by atoms with van der Waals surface area (Å²) in [5, 5.41) is 5.96. The zero-order chi connectivity index (χ0) is 27.3. The predicted molar refractivity (Wildman–Crippen MR) is 160 cm³/mol. The fourth-order valence-electron chi connectivity index (χ4n) is 5.18. The van der Waals surface area contributed by atoms with Crippen LogP contribution in [0.5, 0.6) is 0 Å². The number of anilines is 2. The van der Waals surface area contributed by atoms with Crippen molar-refractivity contribution in [3.63, 3.8) is 0 Å². The summed E-state index contributed by atoms with van der Waals surface area (Å²) in [4.78, 5) is 28.2. The number of amides is 2. The molecule has 6 nitrogen and oxygen atoms in total. The molecule has 4 rings (SSSR count). The van der Waals surface area contributed by atoms with Gasteiger partial charge in [0.05, 0.1) is 5.56 Å². The Hall–Kier alpha value is -3.64. The van der Waals surface area contributed by atoms with Crippen LogP contribution in [-0.4, -0.2) is 44.7 Å². The van der Waals surface area contributed by atoms with E-state index in [1.165, 1.54) is 18.9 Å². The van der Waals surface area contributed by atoms with E-state index < -0.39 is 0 Å². The van der Waals surface area contributed by atoms with Gasteiger partial charge >= 0.3 is 0 Å². The minimum Gasteiger partial charge on any atom is -0.382 e. The molecular formula is C33H41N3O3. The lowest BCUT2D eigenvalue weighted by molar-refractivity contribution is -0.111. The van der Waals surface area contributed by atoms with Crippen LogP contribution in [0, 0.1) is 5.92 Å². The molecule has 206 valence electrons. The van der Waals surface area contributed by atoms with Crippen LogP contribution in [0.3, 0.4) is 0 Å². The van der Waals surface area contributed by atoms with Crippen LogP contribution < -0.4 is 15.5 Å². The molecule has 6 heteroatoms. The number of piperidine rings is 1. The highest BCUT2D eigenvalue weighted by Gasteiger charge is 2.24. The number of nitrogens with one attached hydrogen (secondary N) is 2. The molecule has 1 saturated heterocycles. The van der Waals surface area contributed by atoms with Gasteiger partial charge in [0.25, 0.3) is 5.91 Å². The molecular weight excluding hydrogens is 486 g/mol. The monoisotopic (exact) mass is 527 g/mol. The second-order valence-electron chi connectivity index (χ2n) is 10.2. The lowest BCUT2D eigenvalue weighted by atomic mass is 9.87. The highest BCUT2D eigenvalue weighted by molar-refractivity contribution is 6.05. The van der Waals surface area contributed by atoms with Crippen molar-refractivity contribution in [2.75, 3.05) is 43.1 Å². The lowest BCUT2D eigenvalue weighted by Crippen LogP contribution is -2.36. The number of carbonyl (C=O) groups excluding carboxylic acids is 2. The number of nitrogens with zero attached hydrogens (tertiary/aromatic N) is 1. The van der Waals surface area contributed by atoms with E-state index in [0.29, 0.717) is 36.9 Å². The van der Waals surface area contributed by atoms with Gasteiger partial charge in [0.2, 0.25) is 5.91 Å². The molecule has 0 bridgehead atoms. The highest BCUT2D eigenvalue weighted by Crippen LogP contribution is 2.32. The van der Waals surface area contributed by atoms with Gasteiger partial charge in [0, 0.05) is 50.3 Å². The maximum absolute atomic E-state index is 13.3. The van der Waals surface area contributed by atoms with E-state index in [1.54, 1.807) is 17.7 Å². The summed E-state index contributed by atoms with van der Waals surface area (Å²) in [7, 11) is 0. The zero-order valence-electron chi connectivity index (χ0n) is 23.0. The Bertz CT molecular complexity index is 1180. The molecule has 2 aromatic carbocycles. The maximum atomic E-state index is 13.3. The number of allylic oxidation sites excluding steroid dienone is 4.